The van der Waals surface area contributed by atoms with E-state index in [-0.39, 0.29) is 0 Å². The minimum Gasteiger partial charge on any atom is -0.126 e. The van der Waals surface area contributed by atoms with Crippen molar-refractivity contribution in [3.63, 3.8) is 0 Å². The Morgan fingerprint density at radius 2 is 0.943 bits per heavy atom. The zero-order chi connectivity index (χ0) is 24.0. The Hall–Kier alpha value is -3.60. The highest BCUT2D eigenvalue weighted by molar-refractivity contribution is 6.87. The number of fused-ring (bicyclic) bond motifs is 9. The first kappa shape index (κ1) is 21.9. The predicted octanol–water partition coefficient (Wildman–Crippen LogP) is 9.85. The summed E-state index contributed by atoms with van der Waals surface area (Å²) in [5, 5.41) is 13.1. The fourth-order valence-electron chi connectivity index (χ4n) is 5.76. The normalized spacial score (nSPS) is 12.0. The van der Waals surface area contributed by atoms with Gasteiger partial charge in [-0.2, -0.15) is 0 Å². The fourth-order valence-corrected chi connectivity index (χ4v) is 8.20. The van der Waals surface area contributed by atoms with E-state index in [1.54, 1.807) is 0 Å². The van der Waals surface area contributed by atoms with E-state index in [4.69, 9.17) is 0 Å². The van der Waals surface area contributed by atoms with Gasteiger partial charge >= 0.3 is 0 Å². The molecule has 0 fully saturated rings. The minimum absolute atomic E-state index is 1.14. The van der Waals surface area contributed by atoms with Gasteiger partial charge in [0.05, 0.1) is 0 Å². The van der Waals surface area contributed by atoms with Crippen LogP contribution in [0.25, 0.3) is 53.9 Å². The second kappa shape index (κ2) is 8.56. The molecule has 6 rings (SSSR count). The van der Waals surface area contributed by atoms with Gasteiger partial charge in [0.2, 0.25) is 0 Å². The van der Waals surface area contributed by atoms with Crippen LogP contribution in [0.4, 0.5) is 0 Å². The third-order valence-corrected chi connectivity index (χ3v) is 13.0. The molecule has 0 aromatic heterocycles. The van der Waals surface area contributed by atoms with Gasteiger partial charge in [0, 0.05) is 5.56 Å². The molecule has 0 spiro atoms. The zero-order valence-electron chi connectivity index (χ0n) is 20.8. The Balaban J connectivity index is 1.52. The van der Waals surface area contributed by atoms with Crippen LogP contribution in [0, 0.1) is 11.5 Å². The van der Waals surface area contributed by atoms with Gasteiger partial charge in [0.15, 0.2) is 0 Å². The monoisotopic (exact) mass is 466 g/mol. The van der Waals surface area contributed by atoms with E-state index in [1.165, 1.54) is 72.0 Å². The van der Waals surface area contributed by atoms with Crippen molar-refractivity contribution >= 4 is 61.9 Å². The van der Waals surface area contributed by atoms with Gasteiger partial charge in [-0.25, -0.2) is 0 Å². The van der Waals surface area contributed by atoms with Crippen molar-refractivity contribution in [3.8, 4) is 11.5 Å². The molecule has 0 aliphatic heterocycles. The second-order valence-electron chi connectivity index (χ2n) is 9.80. The van der Waals surface area contributed by atoms with Crippen molar-refractivity contribution < 1.29 is 0 Å². The first-order valence-electron chi connectivity index (χ1n) is 12.9. The van der Waals surface area contributed by atoms with Gasteiger partial charge in [-0.3, -0.25) is 0 Å². The van der Waals surface area contributed by atoms with Crippen LogP contribution in [-0.4, -0.2) is 8.07 Å². The predicted molar refractivity (Wildman–Crippen MR) is 158 cm³/mol. The first-order chi connectivity index (χ1) is 17.2. The summed E-state index contributed by atoms with van der Waals surface area (Å²) in [5.74, 6) is 3.55. The molecule has 0 aliphatic carbocycles. The van der Waals surface area contributed by atoms with Crippen LogP contribution in [0.3, 0.4) is 0 Å². The molecule has 0 atom stereocenters. The number of hydrogen-bond acceptors (Lipinski definition) is 0. The summed E-state index contributed by atoms with van der Waals surface area (Å²) < 4.78 is 0. The third kappa shape index (κ3) is 3.52. The van der Waals surface area contributed by atoms with Crippen molar-refractivity contribution in [2.75, 3.05) is 0 Å². The molecule has 0 saturated heterocycles. The lowest BCUT2D eigenvalue weighted by Crippen LogP contribution is -2.29. The van der Waals surface area contributed by atoms with Crippen molar-refractivity contribution in [2.45, 2.75) is 38.9 Å². The highest BCUT2D eigenvalue weighted by Gasteiger charge is 2.24. The lowest BCUT2D eigenvalue weighted by molar-refractivity contribution is 1.20. The molecule has 0 radical (unpaired) electrons. The van der Waals surface area contributed by atoms with E-state index in [9.17, 15) is 0 Å². The Labute approximate surface area is 208 Å². The molecule has 0 aliphatic rings. The number of rotatable bonds is 3. The molecule has 0 amide bonds. The van der Waals surface area contributed by atoms with E-state index >= 15 is 0 Å². The average molecular weight is 467 g/mol. The summed E-state index contributed by atoms with van der Waals surface area (Å²) in [6.45, 7) is 6.95. The van der Waals surface area contributed by atoms with E-state index in [2.05, 4.69) is 123 Å². The van der Waals surface area contributed by atoms with Crippen LogP contribution in [-0.2, 0) is 0 Å². The van der Waals surface area contributed by atoms with Crippen molar-refractivity contribution in [1.29, 1.82) is 0 Å². The minimum atomic E-state index is -1.44. The largest absolute Gasteiger partial charge is 0.138 e. The van der Waals surface area contributed by atoms with E-state index < -0.39 is 8.07 Å². The summed E-state index contributed by atoms with van der Waals surface area (Å²) in [6, 6.07) is 37.5. The Morgan fingerprint density at radius 1 is 0.486 bits per heavy atom. The van der Waals surface area contributed by atoms with Crippen LogP contribution < -0.4 is 0 Å². The van der Waals surface area contributed by atoms with Gasteiger partial charge < -0.3 is 0 Å². The molecule has 0 unspecified atom stereocenters. The summed E-state index contributed by atoms with van der Waals surface area (Å²) in [6.07, 6.45) is 0. The van der Waals surface area contributed by atoms with Crippen LogP contribution >= 0.6 is 0 Å². The van der Waals surface area contributed by atoms with Crippen LogP contribution in [0.5, 0.6) is 0 Å². The molecule has 6 aromatic carbocycles. The van der Waals surface area contributed by atoms with Crippen molar-refractivity contribution in [2.24, 2.45) is 0 Å². The van der Waals surface area contributed by atoms with Gasteiger partial charge in [0.25, 0.3) is 0 Å². The molecule has 0 bridgehead atoms. The van der Waals surface area contributed by atoms with E-state index in [0.29, 0.717) is 0 Å². The van der Waals surface area contributed by atoms with E-state index in [0.717, 1.165) is 5.56 Å². The van der Waals surface area contributed by atoms with E-state index in [1.807, 2.05) is 0 Å². The number of hydrogen-bond donors (Lipinski definition) is 0. The van der Waals surface area contributed by atoms with Gasteiger partial charge in [-0.15, -0.1) is 5.54 Å². The fraction of sp³-hybridized carbons (Fsp3) is 0.176. The molecule has 1 heteroatoms. The summed E-state index contributed by atoms with van der Waals surface area (Å²) in [5.41, 5.74) is 4.88. The molecule has 0 heterocycles. The topological polar surface area (TPSA) is 0 Å². The Morgan fingerprint density at radius 3 is 1.54 bits per heavy atom. The molecule has 0 nitrogen and oxygen atoms in total. The van der Waals surface area contributed by atoms with Gasteiger partial charge in [0.1, 0.15) is 8.07 Å². The van der Waals surface area contributed by atoms with Crippen LogP contribution in [0.1, 0.15) is 26.3 Å². The second-order valence-corrected chi connectivity index (χ2v) is 14.7. The molecular weight excluding hydrogens is 436 g/mol. The smallest absolute Gasteiger partial charge is 0.126 e. The Kier molecular flexibility index (Phi) is 5.36. The maximum Gasteiger partial charge on any atom is 0.138 e. The van der Waals surface area contributed by atoms with Gasteiger partial charge in [-0.05, 0) is 84.1 Å². The average Bonchev–Trinajstić information content (AvgIpc) is 2.93. The Bertz CT molecular complexity index is 1800. The molecule has 0 N–H and O–H groups in total. The zero-order valence-corrected chi connectivity index (χ0v) is 21.8. The van der Waals surface area contributed by atoms with Crippen molar-refractivity contribution in [3.05, 3.63) is 96.6 Å². The number of benzene rings is 6. The van der Waals surface area contributed by atoms with Gasteiger partial charge in [-0.1, -0.05) is 106 Å². The highest BCUT2D eigenvalue weighted by Crippen LogP contribution is 2.37. The first-order valence-corrected chi connectivity index (χ1v) is 15.5. The highest BCUT2D eigenvalue weighted by atomic mass is 28.3. The van der Waals surface area contributed by atoms with Crippen molar-refractivity contribution in [1.82, 2.24) is 0 Å². The quantitative estimate of drug-likeness (QED) is 0.138. The SMILES string of the molecule is CC[Si](C#Cc1ccc2c(ccc3c2ccc2c4ccc5ccccc5c4ccc32)c1)(CC)CC. The third-order valence-electron chi connectivity index (χ3n) is 8.24. The summed E-state index contributed by atoms with van der Waals surface area (Å²) in [4.78, 5) is 0. The molecule has 6 aromatic rings. The standard InChI is InChI=1S/C34H30Si/c1-4-35(5-2,6-3)22-21-24-11-14-28-26(23-24)13-16-32-30(28)18-20-33-31-15-12-25-9-7-8-10-27(25)29(31)17-19-34(32)33/h7-20,23H,4-6H2,1-3H3. The molecule has 170 valence electrons. The molecule has 0 saturated carbocycles. The summed E-state index contributed by atoms with van der Waals surface area (Å²) in [7, 11) is -1.44. The maximum absolute atomic E-state index is 3.74. The summed E-state index contributed by atoms with van der Waals surface area (Å²) >= 11 is 0. The van der Waals surface area contributed by atoms with Crippen LogP contribution in [0.15, 0.2) is 91.0 Å². The maximum atomic E-state index is 3.74. The lowest BCUT2D eigenvalue weighted by atomic mass is 9.92. The molecular formula is C34H30Si. The van der Waals surface area contributed by atoms with Crippen LogP contribution in [0.2, 0.25) is 18.1 Å². The molecule has 35 heavy (non-hydrogen) atoms. The lowest BCUT2D eigenvalue weighted by Gasteiger charge is -2.20.